The molecule has 1 aliphatic carbocycles. The molecule has 0 aliphatic heterocycles. The van der Waals surface area contributed by atoms with Gasteiger partial charge < -0.3 is 10.5 Å². The van der Waals surface area contributed by atoms with Crippen LogP contribution in [0.4, 0.5) is 8.78 Å². The number of methoxy groups -OCH3 is 1. The molecular weight excluding hydrogens is 156 g/mol. The molecule has 3 nitrogen and oxygen atoms in total. The van der Waals surface area contributed by atoms with Gasteiger partial charge in [0, 0.05) is 13.0 Å². The second-order valence-electron chi connectivity index (χ2n) is 2.66. The molecule has 0 saturated heterocycles. The van der Waals surface area contributed by atoms with Crippen LogP contribution < -0.4 is 5.73 Å². The molecular formula is C6H9F2NO2. The summed E-state index contributed by atoms with van der Waals surface area (Å²) >= 11 is 0. The van der Waals surface area contributed by atoms with Gasteiger partial charge in [0.25, 0.3) is 5.92 Å². The Morgan fingerprint density at radius 2 is 2.18 bits per heavy atom. The van der Waals surface area contributed by atoms with E-state index in [1.807, 2.05) is 0 Å². The van der Waals surface area contributed by atoms with Gasteiger partial charge in [0.2, 0.25) is 0 Å². The average Bonchev–Trinajstić information content (AvgIpc) is 2.53. The quantitative estimate of drug-likeness (QED) is 0.592. The summed E-state index contributed by atoms with van der Waals surface area (Å²) in [4.78, 5) is 10.8. The lowest BCUT2D eigenvalue weighted by Gasteiger charge is -2.09. The van der Waals surface area contributed by atoms with Gasteiger partial charge in [-0.3, -0.25) is 4.79 Å². The van der Waals surface area contributed by atoms with Crippen LogP contribution in [0.15, 0.2) is 0 Å². The molecule has 1 atom stereocenters. The van der Waals surface area contributed by atoms with Crippen LogP contribution in [0.25, 0.3) is 0 Å². The fourth-order valence-electron chi connectivity index (χ4n) is 1.06. The first-order chi connectivity index (χ1) is 5.00. The van der Waals surface area contributed by atoms with Gasteiger partial charge in [-0.2, -0.15) is 0 Å². The highest BCUT2D eigenvalue weighted by atomic mass is 19.3. The number of hydrogen-bond acceptors (Lipinski definition) is 3. The van der Waals surface area contributed by atoms with Crippen LogP contribution in [-0.4, -0.2) is 25.5 Å². The summed E-state index contributed by atoms with van der Waals surface area (Å²) in [5.41, 5.74) is 3.32. The van der Waals surface area contributed by atoms with Crippen LogP contribution >= 0.6 is 0 Å². The van der Waals surface area contributed by atoms with E-state index in [1.54, 1.807) is 0 Å². The molecule has 1 saturated carbocycles. The molecule has 0 amide bonds. The summed E-state index contributed by atoms with van der Waals surface area (Å²) in [5, 5.41) is 0. The summed E-state index contributed by atoms with van der Waals surface area (Å²) in [6, 6.07) is 0. The fraction of sp³-hybridized carbons (Fsp3) is 0.833. The van der Waals surface area contributed by atoms with Gasteiger partial charge in [-0.05, 0) is 0 Å². The normalized spacial score (nSPS) is 33.1. The van der Waals surface area contributed by atoms with Crippen molar-refractivity contribution in [2.45, 2.75) is 12.3 Å². The van der Waals surface area contributed by atoms with Crippen molar-refractivity contribution in [1.29, 1.82) is 0 Å². The number of halogens is 2. The van der Waals surface area contributed by atoms with Crippen LogP contribution in [0.2, 0.25) is 0 Å². The Hall–Kier alpha value is -0.710. The number of hydrogen-bond donors (Lipinski definition) is 1. The molecule has 1 unspecified atom stereocenters. The Kier molecular flexibility index (Phi) is 1.63. The van der Waals surface area contributed by atoms with Gasteiger partial charge in [0.1, 0.15) is 5.41 Å². The molecule has 64 valence electrons. The van der Waals surface area contributed by atoms with E-state index in [2.05, 4.69) is 4.74 Å². The molecule has 1 fully saturated rings. The zero-order valence-corrected chi connectivity index (χ0v) is 6.06. The number of nitrogens with two attached hydrogens (primary N) is 1. The van der Waals surface area contributed by atoms with Crippen LogP contribution in [0, 0.1) is 5.41 Å². The van der Waals surface area contributed by atoms with Crippen molar-refractivity contribution >= 4 is 5.97 Å². The molecule has 0 heterocycles. The Labute approximate surface area is 62.5 Å². The first-order valence-electron chi connectivity index (χ1n) is 3.16. The van der Waals surface area contributed by atoms with Crippen molar-refractivity contribution in [3.63, 3.8) is 0 Å². The number of rotatable bonds is 2. The highest BCUT2D eigenvalue weighted by Gasteiger charge is 2.76. The molecule has 0 spiro atoms. The molecule has 2 N–H and O–H groups in total. The first kappa shape index (κ1) is 8.39. The van der Waals surface area contributed by atoms with Crippen molar-refractivity contribution in [3.8, 4) is 0 Å². The van der Waals surface area contributed by atoms with E-state index >= 15 is 0 Å². The van der Waals surface area contributed by atoms with Gasteiger partial charge in [0.15, 0.2) is 0 Å². The summed E-state index contributed by atoms with van der Waals surface area (Å²) in [6.07, 6.45) is -0.483. The van der Waals surface area contributed by atoms with Gasteiger partial charge in [-0.1, -0.05) is 0 Å². The van der Waals surface area contributed by atoms with Crippen molar-refractivity contribution in [2.24, 2.45) is 11.1 Å². The van der Waals surface area contributed by atoms with Crippen LogP contribution in [-0.2, 0) is 9.53 Å². The monoisotopic (exact) mass is 165 g/mol. The molecule has 0 radical (unpaired) electrons. The van der Waals surface area contributed by atoms with Gasteiger partial charge in [-0.25, -0.2) is 8.78 Å². The molecule has 0 aromatic heterocycles. The van der Waals surface area contributed by atoms with Crippen molar-refractivity contribution in [1.82, 2.24) is 0 Å². The third-order valence-corrected chi connectivity index (χ3v) is 2.02. The second kappa shape index (κ2) is 2.14. The van der Waals surface area contributed by atoms with Gasteiger partial charge >= 0.3 is 5.97 Å². The zero-order chi connectivity index (χ0) is 8.70. The molecule has 1 aliphatic rings. The Bertz CT molecular complexity index is 195. The van der Waals surface area contributed by atoms with Crippen LogP contribution in [0.5, 0.6) is 0 Å². The van der Waals surface area contributed by atoms with E-state index in [4.69, 9.17) is 5.73 Å². The van der Waals surface area contributed by atoms with Gasteiger partial charge in [0.05, 0.1) is 7.11 Å². The van der Waals surface area contributed by atoms with Crippen molar-refractivity contribution in [2.75, 3.05) is 13.7 Å². The maximum atomic E-state index is 12.5. The van der Waals surface area contributed by atoms with E-state index in [9.17, 15) is 13.6 Å². The van der Waals surface area contributed by atoms with Crippen molar-refractivity contribution in [3.05, 3.63) is 0 Å². The minimum Gasteiger partial charge on any atom is -0.468 e. The molecule has 5 heteroatoms. The summed E-state index contributed by atoms with van der Waals surface area (Å²) < 4.78 is 29.2. The van der Waals surface area contributed by atoms with E-state index in [-0.39, 0.29) is 6.54 Å². The largest absolute Gasteiger partial charge is 0.468 e. The van der Waals surface area contributed by atoms with Crippen molar-refractivity contribution < 1.29 is 18.3 Å². The predicted octanol–water partition coefficient (Wildman–Crippen LogP) is 0.143. The lowest BCUT2D eigenvalue weighted by atomic mass is 10.1. The average molecular weight is 165 g/mol. The van der Waals surface area contributed by atoms with Crippen LogP contribution in [0.1, 0.15) is 6.42 Å². The number of esters is 1. The standard InChI is InChI=1S/C6H9F2NO2/c1-11-4(10)5(3-9)2-6(5,7)8/h2-3,9H2,1H3. The van der Waals surface area contributed by atoms with E-state index < -0.39 is 23.7 Å². The fourth-order valence-corrected chi connectivity index (χ4v) is 1.06. The SMILES string of the molecule is COC(=O)C1(CN)CC1(F)F. The summed E-state index contributed by atoms with van der Waals surface area (Å²) in [7, 11) is 1.08. The summed E-state index contributed by atoms with van der Waals surface area (Å²) in [5.74, 6) is -3.88. The third kappa shape index (κ3) is 0.910. The van der Waals surface area contributed by atoms with E-state index in [1.165, 1.54) is 0 Å². The Balaban J connectivity index is 2.75. The molecule has 0 bridgehead atoms. The molecule has 0 aromatic carbocycles. The lowest BCUT2D eigenvalue weighted by molar-refractivity contribution is -0.150. The molecule has 0 aromatic rings. The zero-order valence-electron chi connectivity index (χ0n) is 6.06. The minimum absolute atomic E-state index is 0.354. The third-order valence-electron chi connectivity index (χ3n) is 2.02. The smallest absolute Gasteiger partial charge is 0.319 e. The number of ether oxygens (including phenoxy) is 1. The number of carbonyl (C=O) groups is 1. The predicted molar refractivity (Wildman–Crippen MR) is 33.1 cm³/mol. The number of carbonyl (C=O) groups excluding carboxylic acids is 1. The first-order valence-corrected chi connectivity index (χ1v) is 3.16. The van der Waals surface area contributed by atoms with E-state index in [0.29, 0.717) is 0 Å². The van der Waals surface area contributed by atoms with Gasteiger partial charge in [-0.15, -0.1) is 0 Å². The number of alkyl halides is 2. The maximum absolute atomic E-state index is 12.5. The summed E-state index contributed by atoms with van der Waals surface area (Å²) in [6.45, 7) is -0.354. The van der Waals surface area contributed by atoms with E-state index in [0.717, 1.165) is 7.11 Å². The molecule has 11 heavy (non-hydrogen) atoms. The Morgan fingerprint density at radius 1 is 1.73 bits per heavy atom. The highest BCUT2D eigenvalue weighted by Crippen LogP contribution is 2.60. The Morgan fingerprint density at radius 3 is 2.27 bits per heavy atom. The topological polar surface area (TPSA) is 52.3 Å². The lowest BCUT2D eigenvalue weighted by Crippen LogP contribution is -2.32. The molecule has 1 rings (SSSR count). The maximum Gasteiger partial charge on any atom is 0.319 e. The van der Waals surface area contributed by atoms with Crippen LogP contribution in [0.3, 0.4) is 0 Å². The highest BCUT2D eigenvalue weighted by molar-refractivity contribution is 5.82. The minimum atomic E-state index is -2.96. The second-order valence-corrected chi connectivity index (χ2v) is 2.66.